The van der Waals surface area contributed by atoms with E-state index < -0.39 is 0 Å². The standard InChI is InChI=1S/C17H28N2O/c1-4-10-19-11-9-16(12-18-2)17(19)15-7-5-14(6-8-15)13-20-3/h5-8,16-18H,4,9-13H2,1-3H3. The molecule has 1 saturated heterocycles. The van der Waals surface area contributed by atoms with Gasteiger partial charge in [-0.1, -0.05) is 31.2 Å². The zero-order valence-corrected chi connectivity index (χ0v) is 13.1. The number of benzene rings is 1. The van der Waals surface area contributed by atoms with E-state index >= 15 is 0 Å². The van der Waals surface area contributed by atoms with Crippen LogP contribution in [-0.2, 0) is 11.3 Å². The van der Waals surface area contributed by atoms with Gasteiger partial charge in [-0.05, 0) is 56.6 Å². The van der Waals surface area contributed by atoms with Gasteiger partial charge in [-0.15, -0.1) is 0 Å². The minimum atomic E-state index is 0.569. The van der Waals surface area contributed by atoms with Gasteiger partial charge in [0.05, 0.1) is 6.61 Å². The Morgan fingerprint density at radius 2 is 2.05 bits per heavy atom. The zero-order chi connectivity index (χ0) is 14.4. The van der Waals surface area contributed by atoms with Crippen molar-refractivity contribution in [2.75, 3.05) is 33.8 Å². The highest BCUT2D eigenvalue weighted by atomic mass is 16.5. The van der Waals surface area contributed by atoms with Crippen molar-refractivity contribution in [2.24, 2.45) is 5.92 Å². The molecule has 1 heterocycles. The molecule has 2 unspecified atom stereocenters. The number of likely N-dealkylation sites (tertiary alicyclic amines) is 1. The quantitative estimate of drug-likeness (QED) is 0.829. The first kappa shape index (κ1) is 15.5. The molecule has 2 atom stereocenters. The van der Waals surface area contributed by atoms with Crippen molar-refractivity contribution in [2.45, 2.75) is 32.4 Å². The normalized spacial score (nSPS) is 23.4. The summed E-state index contributed by atoms with van der Waals surface area (Å²) in [5.41, 5.74) is 2.71. The molecule has 1 N–H and O–H groups in total. The van der Waals surface area contributed by atoms with Crippen LogP contribution >= 0.6 is 0 Å². The van der Waals surface area contributed by atoms with E-state index in [9.17, 15) is 0 Å². The Morgan fingerprint density at radius 3 is 2.65 bits per heavy atom. The Balaban J connectivity index is 2.15. The summed E-state index contributed by atoms with van der Waals surface area (Å²) >= 11 is 0. The van der Waals surface area contributed by atoms with Crippen LogP contribution in [0, 0.1) is 5.92 Å². The van der Waals surface area contributed by atoms with Crippen molar-refractivity contribution < 1.29 is 4.74 Å². The maximum absolute atomic E-state index is 5.19. The van der Waals surface area contributed by atoms with Gasteiger partial charge in [-0.25, -0.2) is 0 Å². The Bertz CT molecular complexity index is 376. The summed E-state index contributed by atoms with van der Waals surface area (Å²) < 4.78 is 5.19. The molecule has 1 aromatic rings. The van der Waals surface area contributed by atoms with Crippen LogP contribution in [0.2, 0.25) is 0 Å². The molecule has 2 rings (SSSR count). The molecule has 0 bridgehead atoms. The third-order valence-electron chi connectivity index (χ3n) is 4.24. The van der Waals surface area contributed by atoms with E-state index in [4.69, 9.17) is 4.74 Å². The van der Waals surface area contributed by atoms with Gasteiger partial charge in [-0.3, -0.25) is 4.90 Å². The zero-order valence-electron chi connectivity index (χ0n) is 13.1. The fourth-order valence-electron chi connectivity index (χ4n) is 3.40. The summed E-state index contributed by atoms with van der Waals surface area (Å²) in [7, 11) is 3.80. The maximum atomic E-state index is 5.19. The lowest BCUT2D eigenvalue weighted by atomic mass is 9.93. The number of nitrogens with one attached hydrogen (secondary N) is 1. The summed E-state index contributed by atoms with van der Waals surface area (Å²) in [6.45, 7) is 6.49. The van der Waals surface area contributed by atoms with Crippen molar-refractivity contribution in [1.29, 1.82) is 0 Å². The molecule has 1 aliphatic heterocycles. The van der Waals surface area contributed by atoms with E-state index in [0.29, 0.717) is 12.6 Å². The molecule has 0 saturated carbocycles. The molecule has 112 valence electrons. The predicted molar refractivity (Wildman–Crippen MR) is 83.8 cm³/mol. The smallest absolute Gasteiger partial charge is 0.0713 e. The SMILES string of the molecule is CCCN1CCC(CNC)C1c1ccc(COC)cc1. The molecule has 3 heteroatoms. The van der Waals surface area contributed by atoms with Crippen molar-refractivity contribution in [3.8, 4) is 0 Å². The molecule has 3 nitrogen and oxygen atoms in total. The second-order valence-corrected chi connectivity index (χ2v) is 5.76. The van der Waals surface area contributed by atoms with E-state index in [1.165, 1.54) is 37.1 Å². The highest BCUT2D eigenvalue weighted by Gasteiger charge is 2.33. The van der Waals surface area contributed by atoms with Crippen molar-refractivity contribution in [3.05, 3.63) is 35.4 Å². The number of hydrogen-bond donors (Lipinski definition) is 1. The largest absolute Gasteiger partial charge is 0.380 e. The van der Waals surface area contributed by atoms with Crippen LogP contribution in [0.3, 0.4) is 0 Å². The van der Waals surface area contributed by atoms with E-state index in [1.807, 2.05) is 0 Å². The third-order valence-corrected chi connectivity index (χ3v) is 4.24. The summed E-state index contributed by atoms with van der Waals surface area (Å²) in [5, 5.41) is 3.36. The predicted octanol–water partition coefficient (Wildman–Crippen LogP) is 2.83. The number of nitrogens with zero attached hydrogens (tertiary/aromatic N) is 1. The van der Waals surface area contributed by atoms with Gasteiger partial charge in [0.2, 0.25) is 0 Å². The first-order valence-corrected chi connectivity index (χ1v) is 7.76. The lowest BCUT2D eigenvalue weighted by Gasteiger charge is -2.28. The minimum absolute atomic E-state index is 0.569. The molecule has 0 aromatic heterocycles. The molecule has 0 spiro atoms. The monoisotopic (exact) mass is 276 g/mol. The average molecular weight is 276 g/mol. The van der Waals surface area contributed by atoms with Crippen LogP contribution in [-0.4, -0.2) is 38.7 Å². The average Bonchev–Trinajstić information content (AvgIpc) is 2.84. The molecular formula is C17H28N2O. The minimum Gasteiger partial charge on any atom is -0.380 e. The number of hydrogen-bond acceptors (Lipinski definition) is 3. The number of ether oxygens (including phenoxy) is 1. The fraction of sp³-hybridized carbons (Fsp3) is 0.647. The second kappa shape index (κ2) is 7.77. The topological polar surface area (TPSA) is 24.5 Å². The van der Waals surface area contributed by atoms with Crippen molar-refractivity contribution in [1.82, 2.24) is 10.2 Å². The van der Waals surface area contributed by atoms with Crippen LogP contribution in [0.4, 0.5) is 0 Å². The van der Waals surface area contributed by atoms with Gasteiger partial charge in [0, 0.05) is 13.2 Å². The Hall–Kier alpha value is -0.900. The highest BCUT2D eigenvalue weighted by molar-refractivity contribution is 5.26. The molecule has 1 fully saturated rings. The van der Waals surface area contributed by atoms with Crippen molar-refractivity contribution in [3.63, 3.8) is 0 Å². The van der Waals surface area contributed by atoms with Crippen LogP contribution in [0.25, 0.3) is 0 Å². The number of methoxy groups -OCH3 is 1. The van der Waals surface area contributed by atoms with Gasteiger partial charge in [-0.2, -0.15) is 0 Å². The Morgan fingerprint density at radius 1 is 1.30 bits per heavy atom. The summed E-state index contributed by atoms with van der Waals surface area (Å²) in [4.78, 5) is 2.65. The number of rotatable bonds is 7. The molecular weight excluding hydrogens is 248 g/mol. The highest BCUT2D eigenvalue weighted by Crippen LogP contribution is 2.37. The van der Waals surface area contributed by atoms with E-state index in [-0.39, 0.29) is 0 Å². The van der Waals surface area contributed by atoms with Crippen LogP contribution in [0.15, 0.2) is 24.3 Å². The van der Waals surface area contributed by atoms with E-state index in [2.05, 4.69) is 48.5 Å². The molecule has 20 heavy (non-hydrogen) atoms. The summed E-state index contributed by atoms with van der Waals surface area (Å²) in [5.74, 6) is 0.722. The molecule has 0 amide bonds. The summed E-state index contributed by atoms with van der Waals surface area (Å²) in [6.07, 6.45) is 2.52. The van der Waals surface area contributed by atoms with Gasteiger partial charge in [0.15, 0.2) is 0 Å². The molecule has 1 aromatic carbocycles. The lowest BCUT2D eigenvalue weighted by molar-refractivity contribution is 0.184. The van der Waals surface area contributed by atoms with Crippen LogP contribution in [0.5, 0.6) is 0 Å². The molecule has 0 aliphatic carbocycles. The van der Waals surface area contributed by atoms with Gasteiger partial charge in [0.1, 0.15) is 0 Å². The molecule has 1 aliphatic rings. The van der Waals surface area contributed by atoms with E-state index in [1.54, 1.807) is 7.11 Å². The molecule has 0 radical (unpaired) electrons. The van der Waals surface area contributed by atoms with Crippen LogP contribution in [0.1, 0.15) is 36.9 Å². The maximum Gasteiger partial charge on any atom is 0.0713 e. The lowest BCUT2D eigenvalue weighted by Crippen LogP contribution is -2.29. The summed E-state index contributed by atoms with van der Waals surface area (Å²) in [6, 6.07) is 9.56. The van der Waals surface area contributed by atoms with Gasteiger partial charge >= 0.3 is 0 Å². The first-order chi connectivity index (χ1) is 9.80. The Labute approximate surface area is 123 Å². The fourth-order valence-corrected chi connectivity index (χ4v) is 3.40. The second-order valence-electron chi connectivity index (χ2n) is 5.76. The van der Waals surface area contributed by atoms with Gasteiger partial charge < -0.3 is 10.1 Å². The van der Waals surface area contributed by atoms with Gasteiger partial charge in [0.25, 0.3) is 0 Å². The van der Waals surface area contributed by atoms with E-state index in [0.717, 1.165) is 12.5 Å². The Kier molecular flexibility index (Phi) is 6.02. The van der Waals surface area contributed by atoms with Crippen LogP contribution < -0.4 is 5.32 Å². The van der Waals surface area contributed by atoms with Crippen molar-refractivity contribution >= 4 is 0 Å². The first-order valence-electron chi connectivity index (χ1n) is 7.76. The third kappa shape index (κ3) is 3.60.